The maximum absolute atomic E-state index is 12.5. The molecule has 0 spiro atoms. The van der Waals surface area contributed by atoms with Crippen molar-refractivity contribution in [3.63, 3.8) is 0 Å². The van der Waals surface area contributed by atoms with Crippen LogP contribution in [0, 0.1) is 11.3 Å². The highest BCUT2D eigenvalue weighted by atomic mass is 16.5. The fourth-order valence-electron chi connectivity index (χ4n) is 3.44. The summed E-state index contributed by atoms with van der Waals surface area (Å²) in [7, 11) is 0. The second-order valence-electron chi connectivity index (χ2n) is 6.11. The van der Waals surface area contributed by atoms with E-state index in [0.717, 1.165) is 5.56 Å². The van der Waals surface area contributed by atoms with Crippen LogP contribution in [0.4, 0.5) is 0 Å². The number of hydrogen-bond donors (Lipinski definition) is 2. The summed E-state index contributed by atoms with van der Waals surface area (Å²) >= 11 is 0. The third kappa shape index (κ3) is 3.39. The average molecular weight is 323 g/mol. The molecule has 1 saturated heterocycles. The quantitative estimate of drug-likeness (QED) is 0.850. The molecule has 0 saturated carbocycles. The molecular weight excluding hydrogens is 300 g/mol. The molecule has 0 bridgehead atoms. The van der Waals surface area contributed by atoms with E-state index in [1.807, 2.05) is 48.5 Å². The first-order valence-corrected chi connectivity index (χ1v) is 8.39. The molecule has 4 nitrogen and oxygen atoms in total. The molecular formula is C20H23N2O2+. The zero-order chi connectivity index (χ0) is 16.9. The number of esters is 1. The zero-order valence-corrected chi connectivity index (χ0v) is 13.8. The molecule has 124 valence electrons. The van der Waals surface area contributed by atoms with Gasteiger partial charge in [-0.15, -0.1) is 0 Å². The zero-order valence-electron chi connectivity index (χ0n) is 13.8. The highest BCUT2D eigenvalue weighted by molar-refractivity contribution is 6.01. The van der Waals surface area contributed by atoms with Gasteiger partial charge in [-0.05, 0) is 6.92 Å². The van der Waals surface area contributed by atoms with Gasteiger partial charge in [-0.2, -0.15) is 0 Å². The second kappa shape index (κ2) is 7.41. The molecule has 0 aliphatic carbocycles. The monoisotopic (exact) mass is 323 g/mol. The highest BCUT2D eigenvalue weighted by Crippen LogP contribution is 2.30. The van der Waals surface area contributed by atoms with Gasteiger partial charge in [0.15, 0.2) is 5.92 Å². The summed E-state index contributed by atoms with van der Waals surface area (Å²) in [4.78, 5) is 12.5. The molecule has 1 fully saturated rings. The van der Waals surface area contributed by atoms with Crippen LogP contribution in [-0.2, 0) is 9.53 Å². The Bertz CT molecular complexity index is 700. The van der Waals surface area contributed by atoms with E-state index in [0.29, 0.717) is 18.7 Å². The van der Waals surface area contributed by atoms with Crippen molar-refractivity contribution in [2.24, 2.45) is 5.92 Å². The minimum absolute atomic E-state index is 0.128. The van der Waals surface area contributed by atoms with Crippen LogP contribution in [0.3, 0.4) is 0 Å². The number of nitrogens with one attached hydrogen (secondary N) is 1. The minimum Gasteiger partial charge on any atom is -0.465 e. The molecule has 1 heterocycles. The predicted octanol–water partition coefficient (Wildman–Crippen LogP) is 2.64. The van der Waals surface area contributed by atoms with E-state index in [1.165, 1.54) is 5.56 Å². The molecule has 1 aliphatic heterocycles. The highest BCUT2D eigenvalue weighted by Gasteiger charge is 2.44. The van der Waals surface area contributed by atoms with Gasteiger partial charge in [0.2, 0.25) is 0 Å². The van der Waals surface area contributed by atoms with Crippen molar-refractivity contribution in [2.75, 3.05) is 6.61 Å². The van der Waals surface area contributed by atoms with Gasteiger partial charge in [0, 0.05) is 23.3 Å². The average Bonchev–Trinajstić information content (AvgIpc) is 2.62. The number of benzene rings is 2. The Labute approximate surface area is 142 Å². The Hall–Kier alpha value is -2.46. The van der Waals surface area contributed by atoms with Crippen LogP contribution in [-0.4, -0.2) is 18.3 Å². The molecule has 1 aliphatic rings. The molecule has 3 N–H and O–H groups in total. The van der Waals surface area contributed by atoms with E-state index in [2.05, 4.69) is 17.4 Å². The maximum Gasteiger partial charge on any atom is 0.321 e. The summed E-state index contributed by atoms with van der Waals surface area (Å²) in [6.45, 7) is 2.14. The van der Waals surface area contributed by atoms with Crippen LogP contribution in [0.1, 0.15) is 36.6 Å². The summed E-state index contributed by atoms with van der Waals surface area (Å²) in [5, 5.41) is 10.7. The first-order valence-electron chi connectivity index (χ1n) is 8.39. The van der Waals surface area contributed by atoms with E-state index in [4.69, 9.17) is 10.1 Å². The van der Waals surface area contributed by atoms with Gasteiger partial charge in [0.05, 0.1) is 6.61 Å². The third-order valence-electron chi connectivity index (χ3n) is 4.57. The Morgan fingerprint density at radius 3 is 2.25 bits per heavy atom. The Morgan fingerprint density at radius 1 is 1.08 bits per heavy atom. The number of hydrogen-bond acceptors (Lipinski definition) is 3. The molecule has 24 heavy (non-hydrogen) atoms. The largest absolute Gasteiger partial charge is 0.465 e. The van der Waals surface area contributed by atoms with E-state index in [-0.39, 0.29) is 18.1 Å². The lowest BCUT2D eigenvalue weighted by Crippen LogP contribution is -2.90. The number of carbonyl (C=O) groups excluding carboxylic acids is 1. The number of rotatable bonds is 4. The van der Waals surface area contributed by atoms with E-state index >= 15 is 0 Å². The molecule has 2 aromatic carbocycles. The van der Waals surface area contributed by atoms with Crippen LogP contribution < -0.4 is 5.32 Å². The van der Waals surface area contributed by atoms with Crippen molar-refractivity contribution in [1.82, 2.24) is 0 Å². The number of piperidine rings is 1. The molecule has 0 aromatic heterocycles. The fraction of sp³-hybridized carbons (Fsp3) is 0.300. The van der Waals surface area contributed by atoms with Gasteiger partial charge in [0.25, 0.3) is 0 Å². The summed E-state index contributed by atoms with van der Waals surface area (Å²) in [6, 6.07) is 20.2. The first-order chi connectivity index (χ1) is 11.7. The normalized spacial score (nSPS) is 23.7. The fourth-order valence-corrected chi connectivity index (χ4v) is 3.44. The predicted molar refractivity (Wildman–Crippen MR) is 92.8 cm³/mol. The summed E-state index contributed by atoms with van der Waals surface area (Å²) in [6.07, 6.45) is 0.566. The van der Waals surface area contributed by atoms with E-state index < -0.39 is 5.92 Å². The van der Waals surface area contributed by atoms with Gasteiger partial charge in [-0.3, -0.25) is 4.79 Å². The second-order valence-corrected chi connectivity index (χ2v) is 6.11. The van der Waals surface area contributed by atoms with Gasteiger partial charge >= 0.3 is 5.97 Å². The van der Waals surface area contributed by atoms with Crippen molar-refractivity contribution in [3.05, 3.63) is 71.8 Å². The first kappa shape index (κ1) is 16.4. The standard InChI is InChI=1S/C20H22N2O2/c1-2-24-20(23)18-16(21)13-17(14-9-5-3-6-10-14)22-19(18)15-11-7-4-8-12-15/h3-12,17-19,21-22H,2,13H2,1H3/p+1/t17-,18+,19+/m1/s1. The molecule has 0 radical (unpaired) electrons. The number of carbonyl (C=O) groups is 1. The number of quaternary nitrogens is 1. The van der Waals surface area contributed by atoms with Crippen LogP contribution in [0.15, 0.2) is 60.7 Å². The lowest BCUT2D eigenvalue weighted by Gasteiger charge is -2.34. The van der Waals surface area contributed by atoms with Gasteiger partial charge in [0.1, 0.15) is 12.1 Å². The summed E-state index contributed by atoms with van der Waals surface area (Å²) in [5.74, 6) is -0.813. The lowest BCUT2D eigenvalue weighted by molar-refractivity contribution is -0.740. The lowest BCUT2D eigenvalue weighted by atomic mass is 9.80. The topological polar surface area (TPSA) is 66.8 Å². The molecule has 0 unspecified atom stereocenters. The molecule has 3 atom stereocenters. The van der Waals surface area contributed by atoms with E-state index in [9.17, 15) is 4.79 Å². The van der Waals surface area contributed by atoms with Crippen LogP contribution >= 0.6 is 0 Å². The SMILES string of the molecule is CCOC(=O)[C@H]1C(=N)C[C@H](c2ccccc2)[NH2+][C@H]1c1ccccc1. The van der Waals surface area contributed by atoms with Crippen molar-refractivity contribution in [2.45, 2.75) is 25.4 Å². The van der Waals surface area contributed by atoms with Crippen LogP contribution in [0.2, 0.25) is 0 Å². The number of nitrogens with two attached hydrogens (primary N) is 1. The van der Waals surface area contributed by atoms with Gasteiger partial charge < -0.3 is 15.5 Å². The Kier molecular flexibility index (Phi) is 5.06. The Balaban J connectivity index is 1.93. The molecule has 2 aromatic rings. The van der Waals surface area contributed by atoms with Crippen molar-refractivity contribution >= 4 is 11.7 Å². The Morgan fingerprint density at radius 2 is 1.67 bits per heavy atom. The van der Waals surface area contributed by atoms with Crippen LogP contribution in [0.5, 0.6) is 0 Å². The minimum atomic E-state index is -0.521. The van der Waals surface area contributed by atoms with Gasteiger partial charge in [-0.25, -0.2) is 0 Å². The van der Waals surface area contributed by atoms with Crippen LogP contribution in [0.25, 0.3) is 0 Å². The number of ether oxygens (including phenoxy) is 1. The molecule has 4 heteroatoms. The van der Waals surface area contributed by atoms with Crippen molar-refractivity contribution in [1.29, 1.82) is 5.41 Å². The molecule has 0 amide bonds. The van der Waals surface area contributed by atoms with Crippen molar-refractivity contribution in [3.8, 4) is 0 Å². The van der Waals surface area contributed by atoms with Gasteiger partial charge in [-0.1, -0.05) is 60.7 Å². The van der Waals surface area contributed by atoms with Crippen molar-refractivity contribution < 1.29 is 14.8 Å². The molecule has 3 rings (SSSR count). The summed E-state index contributed by atoms with van der Waals surface area (Å²) in [5.41, 5.74) is 2.70. The van der Waals surface area contributed by atoms with E-state index in [1.54, 1.807) is 6.92 Å². The maximum atomic E-state index is 12.5. The smallest absolute Gasteiger partial charge is 0.321 e. The third-order valence-corrected chi connectivity index (χ3v) is 4.57. The summed E-state index contributed by atoms with van der Waals surface area (Å²) < 4.78 is 5.24.